The lowest BCUT2D eigenvalue weighted by Gasteiger charge is -2.10. The van der Waals surface area contributed by atoms with E-state index in [1.54, 1.807) is 30.3 Å². The van der Waals surface area contributed by atoms with Crippen molar-refractivity contribution in [2.24, 2.45) is 5.73 Å². The Morgan fingerprint density at radius 3 is 2.65 bits per heavy atom. The van der Waals surface area contributed by atoms with Crippen LogP contribution in [0.5, 0.6) is 0 Å². The SMILES string of the molecule is [2H][C@]1(c2cccc(C#N)c2)OC(N)=C(OS(=O)(=O)Cc2ccccc2)C1=O. The Balaban J connectivity index is 1.86. The molecule has 2 N–H and O–H groups in total. The highest BCUT2D eigenvalue weighted by Gasteiger charge is 2.39. The van der Waals surface area contributed by atoms with Gasteiger partial charge in [-0.05, 0) is 17.7 Å². The van der Waals surface area contributed by atoms with Gasteiger partial charge in [0.15, 0.2) is 6.08 Å². The molecule has 0 aromatic heterocycles. The van der Waals surface area contributed by atoms with Gasteiger partial charge in [0, 0.05) is 5.56 Å². The lowest BCUT2D eigenvalue weighted by molar-refractivity contribution is -0.123. The van der Waals surface area contributed by atoms with Gasteiger partial charge in [0.2, 0.25) is 17.4 Å². The first kappa shape index (κ1) is 16.2. The number of nitrogens with zero attached hydrogens (tertiary/aromatic N) is 1. The number of rotatable bonds is 5. The second kappa shape index (κ2) is 6.90. The summed E-state index contributed by atoms with van der Waals surface area (Å²) in [7, 11) is -4.20. The Morgan fingerprint density at radius 1 is 1.23 bits per heavy atom. The first-order chi connectivity index (χ1) is 12.7. The Morgan fingerprint density at radius 2 is 1.96 bits per heavy atom. The molecule has 1 aliphatic heterocycles. The van der Waals surface area contributed by atoms with Crippen molar-refractivity contribution in [2.75, 3.05) is 0 Å². The average molecular weight is 371 g/mol. The smallest absolute Gasteiger partial charge is 0.313 e. The number of nitriles is 1. The van der Waals surface area contributed by atoms with Crippen LogP contribution in [-0.2, 0) is 29.6 Å². The number of carbonyl (C=O) groups is 1. The molecule has 3 rings (SSSR count). The summed E-state index contributed by atoms with van der Waals surface area (Å²) in [6, 6.07) is 15.8. The number of hydrogen-bond donors (Lipinski definition) is 1. The highest BCUT2D eigenvalue weighted by Crippen LogP contribution is 2.33. The van der Waals surface area contributed by atoms with Crippen LogP contribution in [0.1, 0.15) is 24.1 Å². The van der Waals surface area contributed by atoms with E-state index in [2.05, 4.69) is 0 Å². The molecule has 0 fully saturated rings. The molecule has 0 spiro atoms. The minimum absolute atomic E-state index is 0.0357. The normalized spacial score (nSPS) is 20.3. The molecular weight excluding hydrogens is 356 g/mol. The Bertz CT molecular complexity index is 1080. The fourth-order valence-electron chi connectivity index (χ4n) is 2.35. The van der Waals surface area contributed by atoms with Crippen molar-refractivity contribution in [3.63, 3.8) is 0 Å². The summed E-state index contributed by atoms with van der Waals surface area (Å²) in [6.07, 6.45) is -2.32. The van der Waals surface area contributed by atoms with Crippen molar-refractivity contribution in [1.29, 1.82) is 5.26 Å². The van der Waals surface area contributed by atoms with Crippen LogP contribution >= 0.6 is 0 Å². The predicted octanol–water partition coefficient (Wildman–Crippen LogP) is 1.87. The zero-order valence-electron chi connectivity index (χ0n) is 14.4. The van der Waals surface area contributed by atoms with E-state index in [0.717, 1.165) is 0 Å². The minimum Gasteiger partial charge on any atom is -0.460 e. The maximum absolute atomic E-state index is 12.6. The number of ketones is 1. The largest absolute Gasteiger partial charge is 0.460 e. The maximum atomic E-state index is 12.6. The van der Waals surface area contributed by atoms with Gasteiger partial charge in [-0.15, -0.1) is 0 Å². The van der Waals surface area contributed by atoms with Gasteiger partial charge in [-0.25, -0.2) is 0 Å². The summed E-state index contributed by atoms with van der Waals surface area (Å²) in [5.74, 6) is -2.89. The van der Waals surface area contributed by atoms with E-state index in [9.17, 15) is 13.2 Å². The number of ether oxygens (including phenoxy) is 1. The molecule has 0 saturated heterocycles. The molecule has 26 heavy (non-hydrogen) atoms. The molecule has 0 radical (unpaired) electrons. The molecule has 0 saturated carbocycles. The molecule has 7 nitrogen and oxygen atoms in total. The molecule has 132 valence electrons. The summed E-state index contributed by atoms with van der Waals surface area (Å²) in [6.45, 7) is 0. The predicted molar refractivity (Wildman–Crippen MR) is 91.4 cm³/mol. The third kappa shape index (κ3) is 3.68. The van der Waals surface area contributed by atoms with E-state index < -0.39 is 39.4 Å². The van der Waals surface area contributed by atoms with Crippen LogP contribution in [0, 0.1) is 11.3 Å². The second-order valence-corrected chi connectivity index (χ2v) is 6.99. The van der Waals surface area contributed by atoms with Crippen LogP contribution in [0.3, 0.4) is 0 Å². The number of benzene rings is 2. The monoisotopic (exact) mass is 371 g/mol. The molecule has 0 aliphatic carbocycles. The first-order valence-electron chi connectivity index (χ1n) is 7.95. The highest BCUT2D eigenvalue weighted by atomic mass is 32.2. The molecule has 0 bridgehead atoms. The number of hydrogen-bond acceptors (Lipinski definition) is 7. The van der Waals surface area contributed by atoms with E-state index in [4.69, 9.17) is 21.3 Å². The van der Waals surface area contributed by atoms with Gasteiger partial charge in [-0.3, -0.25) is 4.79 Å². The van der Waals surface area contributed by atoms with Crippen molar-refractivity contribution < 1.29 is 23.5 Å². The van der Waals surface area contributed by atoms with Crippen LogP contribution in [0.15, 0.2) is 66.2 Å². The molecular formula is C18H14N2O5S. The van der Waals surface area contributed by atoms with Crippen LogP contribution < -0.4 is 5.73 Å². The lowest BCUT2D eigenvalue weighted by Crippen LogP contribution is -2.16. The van der Waals surface area contributed by atoms with Gasteiger partial charge in [0.05, 0.1) is 13.0 Å². The van der Waals surface area contributed by atoms with Gasteiger partial charge >= 0.3 is 10.1 Å². The second-order valence-electron chi connectivity index (χ2n) is 5.42. The van der Waals surface area contributed by atoms with Crippen LogP contribution in [0.25, 0.3) is 0 Å². The average Bonchev–Trinajstić information content (AvgIpc) is 2.86. The summed E-state index contributed by atoms with van der Waals surface area (Å²) < 4.78 is 42.9. The molecule has 0 unspecified atom stereocenters. The summed E-state index contributed by atoms with van der Waals surface area (Å²) in [5, 5.41) is 8.98. The molecule has 2 aromatic rings. The first-order valence-corrected chi connectivity index (χ1v) is 9.03. The summed E-state index contributed by atoms with van der Waals surface area (Å²) in [4.78, 5) is 12.6. The van der Waals surface area contributed by atoms with Gasteiger partial charge in [-0.1, -0.05) is 42.5 Å². The lowest BCUT2D eigenvalue weighted by atomic mass is 10.0. The standard InChI is InChI=1S/C18H14N2O5S/c19-10-13-7-4-8-14(9-13)16-15(21)17(18(20)24-16)25-26(22,23)11-12-5-2-1-3-6-12/h1-9,16H,11,20H2/t16-/m1/s1/i16D. The molecule has 1 aliphatic rings. The van der Waals surface area contributed by atoms with Crippen molar-refractivity contribution in [1.82, 2.24) is 0 Å². The molecule has 8 heteroatoms. The molecule has 1 heterocycles. The van der Waals surface area contributed by atoms with Gasteiger partial charge in [0.1, 0.15) is 5.75 Å². The van der Waals surface area contributed by atoms with Gasteiger partial charge in [-0.2, -0.15) is 13.7 Å². The van der Waals surface area contributed by atoms with E-state index in [0.29, 0.717) is 5.56 Å². The van der Waals surface area contributed by atoms with Crippen LogP contribution in [0.4, 0.5) is 0 Å². The van der Waals surface area contributed by atoms with Crippen LogP contribution in [-0.4, -0.2) is 14.2 Å². The number of Topliss-reactive ketones (excluding diaryl/α,β-unsaturated/α-hetero) is 1. The topological polar surface area (TPSA) is 119 Å². The Labute approximate surface area is 151 Å². The Kier molecular flexibility index (Phi) is 4.29. The van der Waals surface area contributed by atoms with Crippen molar-refractivity contribution in [3.8, 4) is 6.07 Å². The number of nitrogens with two attached hydrogens (primary N) is 1. The quantitative estimate of drug-likeness (QED) is 0.797. The zero-order chi connectivity index (χ0) is 19.7. The van der Waals surface area contributed by atoms with E-state index in [1.807, 2.05) is 6.07 Å². The maximum Gasteiger partial charge on any atom is 0.313 e. The van der Waals surface area contributed by atoms with E-state index in [-0.39, 0.29) is 11.1 Å². The van der Waals surface area contributed by atoms with Gasteiger partial charge in [0.25, 0.3) is 0 Å². The van der Waals surface area contributed by atoms with Crippen molar-refractivity contribution in [2.45, 2.75) is 11.8 Å². The fraction of sp³-hybridized carbons (Fsp3) is 0.111. The Hall–Kier alpha value is -3.31. The van der Waals surface area contributed by atoms with E-state index in [1.165, 1.54) is 24.3 Å². The zero-order valence-corrected chi connectivity index (χ0v) is 14.2. The van der Waals surface area contributed by atoms with Gasteiger partial charge < -0.3 is 14.7 Å². The number of carbonyl (C=O) groups excluding carboxylic acids is 1. The third-order valence-electron chi connectivity index (χ3n) is 3.50. The minimum atomic E-state index is -4.20. The summed E-state index contributed by atoms with van der Waals surface area (Å²) >= 11 is 0. The molecule has 1 atom stereocenters. The molecule has 2 aromatic carbocycles. The van der Waals surface area contributed by atoms with E-state index >= 15 is 0 Å². The highest BCUT2D eigenvalue weighted by molar-refractivity contribution is 7.86. The van der Waals surface area contributed by atoms with Crippen molar-refractivity contribution >= 4 is 15.9 Å². The van der Waals surface area contributed by atoms with Crippen molar-refractivity contribution in [3.05, 3.63) is 82.9 Å². The molecule has 0 amide bonds. The summed E-state index contributed by atoms with van der Waals surface area (Å²) in [5.41, 5.74) is 6.32. The van der Waals surface area contributed by atoms with Crippen LogP contribution in [0.2, 0.25) is 0 Å². The fourth-order valence-corrected chi connectivity index (χ4v) is 3.42. The third-order valence-corrected chi connectivity index (χ3v) is 4.61.